The van der Waals surface area contributed by atoms with Crippen LogP contribution < -0.4 is 4.90 Å². The fourth-order valence-electron chi connectivity index (χ4n) is 2.29. The zero-order valence-electron chi connectivity index (χ0n) is 11.2. The van der Waals surface area contributed by atoms with Gasteiger partial charge in [-0.2, -0.15) is 9.57 Å². The van der Waals surface area contributed by atoms with Crippen molar-refractivity contribution in [3.8, 4) is 6.07 Å². The summed E-state index contributed by atoms with van der Waals surface area (Å²) in [4.78, 5) is 1.29. The molecule has 2 rings (SSSR count). The van der Waals surface area contributed by atoms with Gasteiger partial charge in [0.05, 0.1) is 49.0 Å². The van der Waals surface area contributed by atoms with Crippen molar-refractivity contribution in [2.75, 3.05) is 32.7 Å². The van der Waals surface area contributed by atoms with Crippen LogP contribution in [0, 0.1) is 17.2 Å². The van der Waals surface area contributed by atoms with E-state index in [4.69, 9.17) is 16.9 Å². The molecule has 1 atom stereocenters. The molecule has 5 nitrogen and oxygen atoms in total. The van der Waals surface area contributed by atoms with Crippen molar-refractivity contribution < 1.29 is 13.3 Å². The van der Waals surface area contributed by atoms with Gasteiger partial charge in [-0.05, 0) is 19.1 Å². The average Bonchev–Trinajstić information content (AvgIpc) is 2.86. The van der Waals surface area contributed by atoms with Gasteiger partial charge in [-0.1, -0.05) is 11.6 Å². The molecule has 0 aliphatic carbocycles. The molecule has 1 aromatic heterocycles. The number of quaternary nitrogens is 1. The smallest absolute Gasteiger partial charge is 0.253 e. The first-order chi connectivity index (χ1) is 9.43. The van der Waals surface area contributed by atoms with Crippen molar-refractivity contribution in [1.82, 2.24) is 4.31 Å². The minimum atomic E-state index is -3.41. The van der Waals surface area contributed by atoms with E-state index in [1.54, 1.807) is 12.1 Å². The van der Waals surface area contributed by atoms with Crippen molar-refractivity contribution in [3.05, 3.63) is 16.5 Å². The fraction of sp³-hybridized carbons (Fsp3) is 0.583. The molecule has 1 aromatic rings. The third-order valence-electron chi connectivity index (χ3n) is 3.39. The van der Waals surface area contributed by atoms with Crippen LogP contribution in [0.2, 0.25) is 4.34 Å². The minimum Gasteiger partial charge on any atom is -0.332 e. The molecule has 0 aromatic carbocycles. The number of thiophene rings is 1. The van der Waals surface area contributed by atoms with Gasteiger partial charge in [-0.25, -0.2) is 8.42 Å². The lowest BCUT2D eigenvalue weighted by atomic mass is 10.2. The predicted molar refractivity (Wildman–Crippen MR) is 78.4 cm³/mol. The second kappa shape index (κ2) is 6.41. The standard InChI is InChI=1S/C12H16ClN3O2S2/c1-10(8-14)9-15-4-6-16(7-5-15)20(17,18)12-3-2-11(13)19-12/h2-3,10H,4-7,9H2,1H3/p+1/t10-/m0/s1. The summed E-state index contributed by atoms with van der Waals surface area (Å²) in [6.45, 7) is 5.13. The summed E-state index contributed by atoms with van der Waals surface area (Å²) < 4.78 is 27.1. The highest BCUT2D eigenvalue weighted by atomic mass is 35.5. The topological polar surface area (TPSA) is 65.6 Å². The molecular formula is C12H17ClN3O2S2+. The van der Waals surface area contributed by atoms with E-state index in [0.717, 1.165) is 31.0 Å². The summed E-state index contributed by atoms with van der Waals surface area (Å²) >= 11 is 6.89. The number of hydrogen-bond acceptors (Lipinski definition) is 4. The van der Waals surface area contributed by atoms with Gasteiger partial charge in [0.2, 0.25) is 0 Å². The third kappa shape index (κ3) is 3.51. The molecule has 1 N–H and O–H groups in total. The van der Waals surface area contributed by atoms with Crippen LogP contribution in [0.15, 0.2) is 16.3 Å². The Labute approximate surface area is 128 Å². The summed E-state index contributed by atoms with van der Waals surface area (Å²) in [6.07, 6.45) is 0. The van der Waals surface area contributed by atoms with Crippen molar-refractivity contribution >= 4 is 33.0 Å². The zero-order valence-corrected chi connectivity index (χ0v) is 13.6. The quantitative estimate of drug-likeness (QED) is 0.869. The maximum atomic E-state index is 12.4. The Bertz CT molecular complexity index is 600. The van der Waals surface area contributed by atoms with Crippen LogP contribution in [0.3, 0.4) is 0 Å². The average molecular weight is 335 g/mol. The molecule has 20 heavy (non-hydrogen) atoms. The zero-order chi connectivity index (χ0) is 14.8. The Hall–Kier alpha value is -0.650. The van der Waals surface area contributed by atoms with Gasteiger partial charge in [0.15, 0.2) is 0 Å². The second-order valence-corrected chi connectivity index (χ2v) is 8.83. The molecule has 1 fully saturated rings. The van der Waals surface area contributed by atoms with E-state index in [1.807, 2.05) is 6.92 Å². The molecule has 8 heteroatoms. The lowest BCUT2D eigenvalue weighted by Crippen LogP contribution is -3.15. The van der Waals surface area contributed by atoms with Gasteiger partial charge in [0, 0.05) is 0 Å². The first-order valence-electron chi connectivity index (χ1n) is 6.42. The molecular weight excluding hydrogens is 318 g/mol. The molecule has 0 unspecified atom stereocenters. The summed E-state index contributed by atoms with van der Waals surface area (Å²) in [5.74, 6) is 0.00394. The molecule has 0 radical (unpaired) electrons. The second-order valence-electron chi connectivity index (χ2n) is 4.95. The van der Waals surface area contributed by atoms with Crippen molar-refractivity contribution in [2.24, 2.45) is 5.92 Å². The van der Waals surface area contributed by atoms with E-state index >= 15 is 0 Å². The number of hydrogen-bond donors (Lipinski definition) is 1. The van der Waals surface area contributed by atoms with Gasteiger partial charge in [-0.15, -0.1) is 11.3 Å². The number of piperazine rings is 1. The Morgan fingerprint density at radius 1 is 1.50 bits per heavy atom. The van der Waals surface area contributed by atoms with E-state index in [1.165, 1.54) is 9.21 Å². The highest BCUT2D eigenvalue weighted by Gasteiger charge is 2.31. The first kappa shape index (κ1) is 15.7. The van der Waals surface area contributed by atoms with Gasteiger partial charge < -0.3 is 4.90 Å². The number of halogens is 1. The lowest BCUT2D eigenvalue weighted by molar-refractivity contribution is -0.905. The first-order valence-corrected chi connectivity index (χ1v) is 9.05. The maximum Gasteiger partial charge on any atom is 0.253 e. The number of nitriles is 1. The monoisotopic (exact) mass is 334 g/mol. The highest BCUT2D eigenvalue weighted by molar-refractivity contribution is 7.91. The molecule has 0 bridgehead atoms. The number of sulfonamides is 1. The van der Waals surface area contributed by atoms with Gasteiger partial charge >= 0.3 is 0 Å². The van der Waals surface area contributed by atoms with Crippen LogP contribution in [-0.4, -0.2) is 45.4 Å². The molecule has 1 saturated heterocycles. The van der Waals surface area contributed by atoms with Gasteiger partial charge in [0.25, 0.3) is 10.0 Å². The van der Waals surface area contributed by atoms with E-state index < -0.39 is 10.0 Å². The van der Waals surface area contributed by atoms with E-state index in [0.29, 0.717) is 21.6 Å². The number of nitrogens with zero attached hydrogens (tertiary/aromatic N) is 2. The van der Waals surface area contributed by atoms with Crippen LogP contribution in [-0.2, 0) is 10.0 Å². The van der Waals surface area contributed by atoms with Crippen molar-refractivity contribution in [3.63, 3.8) is 0 Å². The van der Waals surface area contributed by atoms with Crippen LogP contribution in [0.4, 0.5) is 0 Å². The molecule has 1 aliphatic rings. The predicted octanol–water partition coefficient (Wildman–Crippen LogP) is 0.450. The molecule has 2 heterocycles. The van der Waals surface area contributed by atoms with E-state index in [2.05, 4.69) is 6.07 Å². The fourth-order valence-corrected chi connectivity index (χ4v) is 5.37. The lowest BCUT2D eigenvalue weighted by Gasteiger charge is -2.31. The number of rotatable bonds is 4. The summed E-state index contributed by atoms with van der Waals surface area (Å²) in [7, 11) is -3.41. The van der Waals surface area contributed by atoms with Crippen molar-refractivity contribution in [2.45, 2.75) is 11.1 Å². The van der Waals surface area contributed by atoms with Gasteiger partial charge in [-0.3, -0.25) is 0 Å². The Balaban J connectivity index is 1.99. The third-order valence-corrected chi connectivity index (χ3v) is 6.98. The van der Waals surface area contributed by atoms with E-state index in [9.17, 15) is 8.42 Å². The summed E-state index contributed by atoms with van der Waals surface area (Å²) in [6, 6.07) is 5.38. The summed E-state index contributed by atoms with van der Waals surface area (Å²) in [5, 5.41) is 8.82. The number of nitrogens with one attached hydrogen (secondary N) is 1. The molecule has 1 aliphatic heterocycles. The van der Waals surface area contributed by atoms with Crippen molar-refractivity contribution in [1.29, 1.82) is 5.26 Å². The minimum absolute atomic E-state index is 0.00394. The Kier molecular flexibility index (Phi) is 5.04. The van der Waals surface area contributed by atoms with E-state index in [-0.39, 0.29) is 5.92 Å². The maximum absolute atomic E-state index is 12.4. The molecule has 110 valence electrons. The normalized spacial score (nSPS) is 19.6. The molecule has 0 amide bonds. The Morgan fingerprint density at radius 3 is 2.65 bits per heavy atom. The van der Waals surface area contributed by atoms with Crippen LogP contribution in [0.25, 0.3) is 0 Å². The van der Waals surface area contributed by atoms with Crippen LogP contribution in [0.5, 0.6) is 0 Å². The molecule has 0 saturated carbocycles. The Morgan fingerprint density at radius 2 is 2.15 bits per heavy atom. The highest BCUT2D eigenvalue weighted by Crippen LogP contribution is 2.27. The van der Waals surface area contributed by atoms with Gasteiger partial charge in [0.1, 0.15) is 4.21 Å². The molecule has 0 spiro atoms. The summed E-state index contributed by atoms with van der Waals surface area (Å²) in [5.41, 5.74) is 0. The SMILES string of the molecule is C[C@@H](C#N)C[NH+]1CCN(S(=O)(=O)c2ccc(Cl)s2)CC1. The largest absolute Gasteiger partial charge is 0.332 e. The van der Waals surface area contributed by atoms with Crippen LogP contribution >= 0.6 is 22.9 Å². The van der Waals surface area contributed by atoms with Crippen LogP contribution in [0.1, 0.15) is 6.92 Å².